The maximum atomic E-state index is 13.1. The molecule has 0 saturated carbocycles. The molecule has 0 aliphatic heterocycles. The monoisotopic (exact) mass is 1400 g/mol. The third-order valence-electron chi connectivity index (χ3n) is 17.7. The Kier molecular flexibility index (Phi) is 66.5. The van der Waals surface area contributed by atoms with Crippen molar-refractivity contribution in [2.45, 2.75) is 413 Å². The van der Waals surface area contributed by atoms with Gasteiger partial charge in [0.25, 0.3) is 0 Å². The first-order chi connectivity index (χ1) is 45.9. The Labute approximate surface area is 581 Å². The topological polar surface area (TPSA) is 237 Å². The van der Waals surface area contributed by atoms with Crippen LogP contribution in [0.1, 0.15) is 395 Å². The summed E-state index contributed by atoms with van der Waals surface area (Å²) >= 11 is 0. The van der Waals surface area contributed by atoms with Crippen LogP contribution in [-0.2, 0) is 65.4 Å². The number of phosphoric acid groups is 2. The number of phosphoric ester groups is 2. The number of carbonyl (C=O) groups excluding carboxylic acids is 4. The first-order valence-electron chi connectivity index (χ1n) is 39.5. The Hall–Kier alpha value is -1.94. The molecule has 0 saturated heterocycles. The van der Waals surface area contributed by atoms with E-state index in [1.165, 1.54) is 205 Å². The SMILES string of the molecule is CCCCCCCCCCCCCCCCCCC(=O)OC[C@H](COP(=O)(O)OC[C@@H](O)COP(=O)(O)OC[C@@H](COC(=O)CCCCCCCCC(C)C)OC(=O)CCCCCCCCCCCCCC(C)C)OC(=O)CCCCCCCCCCCCCCCCCC. The molecule has 0 spiro atoms. The largest absolute Gasteiger partial charge is 0.472 e. The van der Waals surface area contributed by atoms with Crippen LogP contribution < -0.4 is 0 Å². The van der Waals surface area contributed by atoms with Crippen molar-refractivity contribution in [3.8, 4) is 0 Å². The Morgan fingerprint density at radius 3 is 0.716 bits per heavy atom. The number of hydrogen-bond donors (Lipinski definition) is 3. The van der Waals surface area contributed by atoms with Gasteiger partial charge in [0.15, 0.2) is 12.2 Å². The summed E-state index contributed by atoms with van der Waals surface area (Å²) < 4.78 is 68.5. The van der Waals surface area contributed by atoms with Crippen LogP contribution in [0.5, 0.6) is 0 Å². The third kappa shape index (κ3) is 70.3. The summed E-state index contributed by atoms with van der Waals surface area (Å²) in [6.07, 6.45) is 55.6. The van der Waals surface area contributed by atoms with Crippen LogP contribution in [-0.4, -0.2) is 96.7 Å². The van der Waals surface area contributed by atoms with E-state index >= 15 is 0 Å². The van der Waals surface area contributed by atoms with Crippen LogP contribution in [0, 0.1) is 11.8 Å². The van der Waals surface area contributed by atoms with E-state index in [9.17, 15) is 43.2 Å². The summed E-state index contributed by atoms with van der Waals surface area (Å²) in [4.78, 5) is 72.8. The summed E-state index contributed by atoms with van der Waals surface area (Å²) in [6, 6.07) is 0. The molecule has 0 heterocycles. The molecule has 0 rings (SSSR count). The number of aliphatic hydroxyl groups is 1. The van der Waals surface area contributed by atoms with E-state index < -0.39 is 97.5 Å². The minimum Gasteiger partial charge on any atom is -0.462 e. The summed E-state index contributed by atoms with van der Waals surface area (Å²) in [7, 11) is -9.91. The molecule has 0 aromatic carbocycles. The van der Waals surface area contributed by atoms with Crippen molar-refractivity contribution >= 4 is 39.5 Å². The number of rotatable bonds is 75. The molecule has 564 valence electrons. The number of esters is 4. The highest BCUT2D eigenvalue weighted by Crippen LogP contribution is 2.45. The van der Waals surface area contributed by atoms with E-state index in [4.69, 9.17) is 37.0 Å². The van der Waals surface area contributed by atoms with Gasteiger partial charge in [0.05, 0.1) is 26.4 Å². The van der Waals surface area contributed by atoms with Crippen LogP contribution >= 0.6 is 15.6 Å². The van der Waals surface area contributed by atoms with Gasteiger partial charge in [-0.3, -0.25) is 37.3 Å². The quantitative estimate of drug-likeness (QED) is 0.0222. The smallest absolute Gasteiger partial charge is 0.462 e. The number of aliphatic hydroxyl groups excluding tert-OH is 1. The highest BCUT2D eigenvalue weighted by atomic mass is 31.2. The van der Waals surface area contributed by atoms with Gasteiger partial charge in [-0.1, -0.05) is 343 Å². The van der Waals surface area contributed by atoms with E-state index in [0.29, 0.717) is 31.6 Å². The lowest BCUT2D eigenvalue weighted by Gasteiger charge is -2.21. The zero-order chi connectivity index (χ0) is 70.0. The van der Waals surface area contributed by atoms with Gasteiger partial charge in [0.1, 0.15) is 19.3 Å². The molecule has 3 N–H and O–H groups in total. The molecule has 0 bridgehead atoms. The second-order valence-corrected chi connectivity index (χ2v) is 31.3. The van der Waals surface area contributed by atoms with Gasteiger partial charge >= 0.3 is 39.5 Å². The second-order valence-electron chi connectivity index (χ2n) is 28.3. The maximum Gasteiger partial charge on any atom is 0.472 e. The van der Waals surface area contributed by atoms with E-state index in [-0.39, 0.29) is 25.7 Å². The van der Waals surface area contributed by atoms with Crippen LogP contribution in [0.2, 0.25) is 0 Å². The predicted octanol–water partition coefficient (Wildman–Crippen LogP) is 22.3. The fourth-order valence-corrected chi connectivity index (χ4v) is 13.2. The van der Waals surface area contributed by atoms with Gasteiger partial charge in [0.2, 0.25) is 0 Å². The molecule has 0 amide bonds. The predicted molar refractivity (Wildman–Crippen MR) is 386 cm³/mol. The Balaban J connectivity index is 5.24. The van der Waals surface area contributed by atoms with Gasteiger partial charge in [-0.15, -0.1) is 0 Å². The number of unbranched alkanes of at least 4 members (excludes halogenated alkanes) is 45. The van der Waals surface area contributed by atoms with E-state index in [0.717, 1.165) is 102 Å². The Morgan fingerprint density at radius 2 is 0.484 bits per heavy atom. The van der Waals surface area contributed by atoms with E-state index in [1.807, 2.05) is 0 Å². The van der Waals surface area contributed by atoms with Crippen molar-refractivity contribution in [3.63, 3.8) is 0 Å². The Morgan fingerprint density at radius 1 is 0.284 bits per heavy atom. The molecule has 0 aliphatic carbocycles. The molecular weight excluding hydrogens is 1250 g/mol. The fourth-order valence-electron chi connectivity index (χ4n) is 11.7. The van der Waals surface area contributed by atoms with Crippen molar-refractivity contribution in [1.29, 1.82) is 0 Å². The zero-order valence-electron chi connectivity index (χ0n) is 62.0. The van der Waals surface area contributed by atoms with Crippen molar-refractivity contribution in [1.82, 2.24) is 0 Å². The summed E-state index contributed by atoms with van der Waals surface area (Å²) in [6.45, 7) is 9.52. The molecule has 0 aliphatic rings. The molecule has 19 heteroatoms. The molecular formula is C76H148O17P2. The highest BCUT2D eigenvalue weighted by molar-refractivity contribution is 7.47. The molecule has 0 aromatic rings. The normalized spacial score (nSPS) is 14.0. The summed E-state index contributed by atoms with van der Waals surface area (Å²) in [5.74, 6) is -0.671. The lowest BCUT2D eigenvalue weighted by Crippen LogP contribution is -2.30. The van der Waals surface area contributed by atoms with Crippen molar-refractivity contribution in [2.24, 2.45) is 11.8 Å². The lowest BCUT2D eigenvalue weighted by atomic mass is 10.0. The standard InChI is InChI=1S/C76H148O17P2/c1-7-9-11-13-15-17-19-21-23-25-27-31-35-39-46-52-58-73(78)86-64-71(92-75(80)60-54-48-40-36-32-28-26-24-22-20-18-16-14-12-10-8-2)66-90-94(82,83)88-62-70(77)63-89-95(84,85)91-67-72(65-87-74(79)59-53-47-43-42-45-51-57-69(5)6)93-76(81)61-55-49-41-37-33-29-30-34-38-44-50-56-68(3)4/h68-72,77H,7-67H2,1-6H3,(H,82,83)(H,84,85)/t70-,71-,72-/m1/s1. The minimum atomic E-state index is -4.96. The molecule has 95 heavy (non-hydrogen) atoms. The van der Waals surface area contributed by atoms with Gasteiger partial charge < -0.3 is 33.8 Å². The highest BCUT2D eigenvalue weighted by Gasteiger charge is 2.30. The van der Waals surface area contributed by atoms with Crippen molar-refractivity contribution in [3.05, 3.63) is 0 Å². The molecule has 2 unspecified atom stereocenters. The lowest BCUT2D eigenvalue weighted by molar-refractivity contribution is -0.161. The summed E-state index contributed by atoms with van der Waals surface area (Å²) in [5.41, 5.74) is 0. The molecule has 17 nitrogen and oxygen atoms in total. The second kappa shape index (κ2) is 67.9. The minimum absolute atomic E-state index is 0.106. The fraction of sp³-hybridized carbons (Fsp3) is 0.947. The third-order valence-corrected chi connectivity index (χ3v) is 19.6. The molecule has 0 fully saturated rings. The van der Waals surface area contributed by atoms with Gasteiger partial charge in [0, 0.05) is 25.7 Å². The molecule has 0 radical (unpaired) electrons. The van der Waals surface area contributed by atoms with E-state index in [1.54, 1.807) is 0 Å². The number of carbonyl (C=O) groups is 4. The van der Waals surface area contributed by atoms with Gasteiger partial charge in [-0.2, -0.15) is 0 Å². The first kappa shape index (κ1) is 93.1. The zero-order valence-corrected chi connectivity index (χ0v) is 63.8. The number of ether oxygens (including phenoxy) is 4. The average molecular weight is 1400 g/mol. The van der Waals surface area contributed by atoms with Gasteiger partial charge in [-0.05, 0) is 37.5 Å². The van der Waals surface area contributed by atoms with Crippen LogP contribution in [0.3, 0.4) is 0 Å². The van der Waals surface area contributed by atoms with Crippen molar-refractivity contribution < 1.29 is 80.2 Å². The maximum absolute atomic E-state index is 13.1. The van der Waals surface area contributed by atoms with Crippen LogP contribution in [0.4, 0.5) is 0 Å². The van der Waals surface area contributed by atoms with E-state index in [2.05, 4.69) is 41.5 Å². The van der Waals surface area contributed by atoms with Crippen LogP contribution in [0.15, 0.2) is 0 Å². The Bertz CT molecular complexity index is 1840. The van der Waals surface area contributed by atoms with Crippen molar-refractivity contribution in [2.75, 3.05) is 39.6 Å². The first-order valence-corrected chi connectivity index (χ1v) is 42.5. The average Bonchev–Trinajstić information content (AvgIpc) is 1.42. The van der Waals surface area contributed by atoms with Gasteiger partial charge in [-0.25, -0.2) is 9.13 Å². The molecule has 0 aromatic heterocycles. The summed E-state index contributed by atoms with van der Waals surface area (Å²) in [5, 5.41) is 10.6. The number of hydrogen-bond acceptors (Lipinski definition) is 15. The molecule has 5 atom stereocenters. The van der Waals surface area contributed by atoms with Crippen LogP contribution in [0.25, 0.3) is 0 Å².